The second-order valence-electron chi connectivity index (χ2n) is 4.73. The predicted molar refractivity (Wildman–Crippen MR) is 86.1 cm³/mol. The highest BCUT2D eigenvalue weighted by molar-refractivity contribution is 6.30. The topological polar surface area (TPSA) is 78.9 Å². The fourth-order valence-corrected chi connectivity index (χ4v) is 2.21. The van der Waals surface area contributed by atoms with Crippen molar-refractivity contribution in [1.29, 1.82) is 5.26 Å². The van der Waals surface area contributed by atoms with Gasteiger partial charge in [-0.1, -0.05) is 35.0 Å². The van der Waals surface area contributed by atoms with Gasteiger partial charge in [0.05, 0.1) is 11.6 Å². The highest BCUT2D eigenvalue weighted by Crippen LogP contribution is 2.23. The van der Waals surface area contributed by atoms with Gasteiger partial charge in [0.15, 0.2) is 11.5 Å². The third kappa shape index (κ3) is 3.39. The van der Waals surface area contributed by atoms with E-state index in [9.17, 15) is 4.79 Å². The van der Waals surface area contributed by atoms with E-state index in [1.54, 1.807) is 42.5 Å². The summed E-state index contributed by atoms with van der Waals surface area (Å²) in [5.74, 6) is 0.0283. The molecule has 1 amide bonds. The maximum Gasteiger partial charge on any atom is 0.277 e. The molecular formula is C17H10ClN3O2. The number of carbonyl (C=O) groups excluding carboxylic acids is 1. The smallest absolute Gasteiger partial charge is 0.277 e. The highest BCUT2D eigenvalue weighted by atomic mass is 35.5. The Labute approximate surface area is 137 Å². The van der Waals surface area contributed by atoms with Crippen molar-refractivity contribution in [2.75, 3.05) is 5.32 Å². The van der Waals surface area contributed by atoms with Gasteiger partial charge in [-0.3, -0.25) is 4.79 Å². The number of halogens is 1. The first kappa shape index (κ1) is 14.8. The van der Waals surface area contributed by atoms with Crippen molar-refractivity contribution in [2.45, 2.75) is 0 Å². The molecule has 0 aliphatic carbocycles. The molecule has 1 N–H and O–H groups in total. The molecule has 2 aromatic carbocycles. The van der Waals surface area contributed by atoms with Gasteiger partial charge in [0.1, 0.15) is 0 Å². The molecule has 0 aliphatic heterocycles. The summed E-state index contributed by atoms with van der Waals surface area (Å²) >= 11 is 5.93. The van der Waals surface area contributed by atoms with Gasteiger partial charge in [-0.05, 0) is 30.3 Å². The van der Waals surface area contributed by atoms with E-state index < -0.39 is 5.91 Å². The van der Waals surface area contributed by atoms with Crippen LogP contribution in [-0.2, 0) is 0 Å². The number of anilines is 1. The molecule has 1 heterocycles. The van der Waals surface area contributed by atoms with Crippen molar-refractivity contribution < 1.29 is 9.32 Å². The molecule has 0 aliphatic rings. The fraction of sp³-hybridized carbons (Fsp3) is 0. The second kappa shape index (κ2) is 6.34. The number of nitrogens with zero attached hydrogens (tertiary/aromatic N) is 2. The first-order chi connectivity index (χ1) is 11.2. The molecule has 0 radical (unpaired) electrons. The average molecular weight is 324 g/mol. The van der Waals surface area contributed by atoms with E-state index in [4.69, 9.17) is 21.4 Å². The Morgan fingerprint density at radius 3 is 2.78 bits per heavy atom. The lowest BCUT2D eigenvalue weighted by atomic mass is 10.1. The zero-order valence-electron chi connectivity index (χ0n) is 11.8. The fourth-order valence-electron chi connectivity index (χ4n) is 2.02. The van der Waals surface area contributed by atoms with Crippen LogP contribution in [0.4, 0.5) is 5.69 Å². The Kier molecular flexibility index (Phi) is 4.09. The van der Waals surface area contributed by atoms with Crippen molar-refractivity contribution in [3.8, 4) is 17.4 Å². The minimum absolute atomic E-state index is 0.141. The molecular weight excluding hydrogens is 314 g/mol. The van der Waals surface area contributed by atoms with E-state index in [1.165, 1.54) is 6.07 Å². The van der Waals surface area contributed by atoms with Crippen LogP contribution in [0.2, 0.25) is 5.02 Å². The van der Waals surface area contributed by atoms with Gasteiger partial charge in [0, 0.05) is 22.3 Å². The van der Waals surface area contributed by atoms with E-state index in [0.717, 1.165) is 5.56 Å². The van der Waals surface area contributed by atoms with Crippen LogP contribution in [0.5, 0.6) is 0 Å². The monoisotopic (exact) mass is 323 g/mol. The molecule has 0 fully saturated rings. The molecule has 6 heteroatoms. The van der Waals surface area contributed by atoms with Gasteiger partial charge < -0.3 is 9.84 Å². The van der Waals surface area contributed by atoms with Crippen LogP contribution >= 0.6 is 11.6 Å². The number of benzene rings is 2. The third-order valence-electron chi connectivity index (χ3n) is 3.10. The quantitative estimate of drug-likeness (QED) is 0.786. The molecule has 0 bridgehead atoms. The van der Waals surface area contributed by atoms with Crippen LogP contribution in [0.1, 0.15) is 16.1 Å². The number of hydrogen-bond acceptors (Lipinski definition) is 4. The third-order valence-corrected chi connectivity index (χ3v) is 3.34. The number of carbonyl (C=O) groups is 1. The maximum absolute atomic E-state index is 12.2. The number of aromatic nitrogens is 1. The molecule has 3 rings (SSSR count). The van der Waals surface area contributed by atoms with Crippen molar-refractivity contribution >= 4 is 23.2 Å². The largest absolute Gasteiger partial charge is 0.355 e. The highest BCUT2D eigenvalue weighted by Gasteiger charge is 2.14. The minimum Gasteiger partial charge on any atom is -0.355 e. The molecule has 0 saturated heterocycles. The Morgan fingerprint density at radius 1 is 1.17 bits per heavy atom. The molecule has 0 saturated carbocycles. The first-order valence-corrected chi connectivity index (χ1v) is 7.08. The summed E-state index contributed by atoms with van der Waals surface area (Å²) in [6.45, 7) is 0. The average Bonchev–Trinajstić information content (AvgIpc) is 3.05. The lowest BCUT2D eigenvalue weighted by Crippen LogP contribution is -2.12. The van der Waals surface area contributed by atoms with E-state index in [-0.39, 0.29) is 5.69 Å². The molecule has 5 nitrogen and oxygen atoms in total. The molecule has 0 atom stereocenters. The van der Waals surface area contributed by atoms with Crippen LogP contribution in [0.3, 0.4) is 0 Å². The summed E-state index contributed by atoms with van der Waals surface area (Å²) in [6.07, 6.45) is 0. The Balaban J connectivity index is 1.80. The van der Waals surface area contributed by atoms with Crippen molar-refractivity contribution in [1.82, 2.24) is 5.16 Å². The van der Waals surface area contributed by atoms with E-state index >= 15 is 0 Å². The minimum atomic E-state index is -0.419. The second-order valence-corrected chi connectivity index (χ2v) is 5.17. The molecule has 0 spiro atoms. The number of amides is 1. The summed E-state index contributed by atoms with van der Waals surface area (Å²) in [5.41, 5.74) is 1.85. The number of hydrogen-bond donors (Lipinski definition) is 1. The van der Waals surface area contributed by atoms with E-state index in [2.05, 4.69) is 10.5 Å². The van der Waals surface area contributed by atoms with Crippen molar-refractivity contribution in [2.24, 2.45) is 0 Å². The van der Waals surface area contributed by atoms with Crippen LogP contribution in [0, 0.1) is 11.3 Å². The summed E-state index contributed by atoms with van der Waals surface area (Å²) in [5, 5.41) is 15.9. The maximum atomic E-state index is 12.2. The van der Waals surface area contributed by atoms with Gasteiger partial charge in [-0.2, -0.15) is 5.26 Å². The Bertz CT molecular complexity index is 912. The molecule has 1 aromatic heterocycles. The van der Waals surface area contributed by atoms with Crippen molar-refractivity contribution in [3.63, 3.8) is 0 Å². The van der Waals surface area contributed by atoms with Gasteiger partial charge in [-0.15, -0.1) is 0 Å². The Hall–Kier alpha value is -3.10. The number of rotatable bonds is 3. The normalized spacial score (nSPS) is 10.1. The zero-order chi connectivity index (χ0) is 16.2. The molecule has 23 heavy (non-hydrogen) atoms. The standard InChI is InChI=1S/C17H10ClN3O2/c18-13-5-2-4-12(8-13)16-9-15(21-23-16)17(22)20-14-6-1-3-11(7-14)10-19/h1-9H,(H,20,22). The summed E-state index contributed by atoms with van der Waals surface area (Å²) < 4.78 is 5.19. The van der Waals surface area contributed by atoms with Gasteiger partial charge in [0.2, 0.25) is 0 Å². The van der Waals surface area contributed by atoms with E-state index in [1.807, 2.05) is 12.1 Å². The first-order valence-electron chi connectivity index (χ1n) is 6.70. The zero-order valence-corrected chi connectivity index (χ0v) is 12.5. The van der Waals surface area contributed by atoms with Crippen LogP contribution < -0.4 is 5.32 Å². The van der Waals surface area contributed by atoms with E-state index in [0.29, 0.717) is 22.0 Å². The molecule has 0 unspecified atom stereocenters. The van der Waals surface area contributed by atoms with Crippen LogP contribution in [0.15, 0.2) is 59.1 Å². The molecule has 3 aromatic rings. The van der Waals surface area contributed by atoms with Gasteiger partial charge >= 0.3 is 0 Å². The summed E-state index contributed by atoms with van der Waals surface area (Å²) in [7, 11) is 0. The molecule has 112 valence electrons. The van der Waals surface area contributed by atoms with Gasteiger partial charge in [0.25, 0.3) is 5.91 Å². The SMILES string of the molecule is N#Cc1cccc(NC(=O)c2cc(-c3cccc(Cl)c3)on2)c1. The predicted octanol–water partition coefficient (Wildman–Crippen LogP) is 4.12. The van der Waals surface area contributed by atoms with Crippen LogP contribution in [0.25, 0.3) is 11.3 Å². The Morgan fingerprint density at radius 2 is 2.00 bits per heavy atom. The van der Waals surface area contributed by atoms with Crippen molar-refractivity contribution in [3.05, 3.63) is 70.9 Å². The summed E-state index contributed by atoms with van der Waals surface area (Å²) in [6, 6.07) is 17.2. The summed E-state index contributed by atoms with van der Waals surface area (Å²) in [4.78, 5) is 12.2. The van der Waals surface area contributed by atoms with Gasteiger partial charge in [-0.25, -0.2) is 0 Å². The lowest BCUT2D eigenvalue weighted by Gasteiger charge is -2.02. The van der Waals surface area contributed by atoms with Crippen LogP contribution in [-0.4, -0.2) is 11.1 Å². The number of nitrogens with one attached hydrogen (secondary N) is 1. The number of nitriles is 1. The lowest BCUT2D eigenvalue weighted by molar-refractivity contribution is 0.101.